The number of ether oxygens (including phenoxy) is 1. The van der Waals surface area contributed by atoms with Crippen LogP contribution in [-0.4, -0.2) is 28.3 Å². The van der Waals surface area contributed by atoms with E-state index in [-0.39, 0.29) is 17.3 Å². The SMILES string of the molecule is CC(C)(O)c1ccc([C@@H](CC2CCOCC2)c2cc3cc(F)cnc3[nH]2)cc1F. The lowest BCUT2D eigenvalue weighted by Crippen LogP contribution is -2.20. The first-order valence-corrected chi connectivity index (χ1v) is 10.1. The van der Waals surface area contributed by atoms with Crippen LogP contribution in [0.3, 0.4) is 0 Å². The Labute approximate surface area is 168 Å². The number of hydrogen-bond acceptors (Lipinski definition) is 3. The summed E-state index contributed by atoms with van der Waals surface area (Å²) < 4.78 is 33.9. The van der Waals surface area contributed by atoms with Crippen LogP contribution in [0.2, 0.25) is 0 Å². The van der Waals surface area contributed by atoms with Gasteiger partial charge in [-0.2, -0.15) is 0 Å². The third-order valence-corrected chi connectivity index (χ3v) is 5.80. The average Bonchev–Trinajstić information content (AvgIpc) is 3.08. The van der Waals surface area contributed by atoms with E-state index < -0.39 is 11.4 Å². The minimum absolute atomic E-state index is 0.0827. The van der Waals surface area contributed by atoms with Crippen LogP contribution in [0.4, 0.5) is 8.78 Å². The van der Waals surface area contributed by atoms with E-state index in [2.05, 4.69) is 9.97 Å². The monoisotopic (exact) mass is 400 g/mol. The van der Waals surface area contributed by atoms with Gasteiger partial charge < -0.3 is 14.8 Å². The van der Waals surface area contributed by atoms with Crippen molar-refractivity contribution >= 4 is 11.0 Å². The highest BCUT2D eigenvalue weighted by atomic mass is 19.1. The van der Waals surface area contributed by atoms with Crippen LogP contribution in [-0.2, 0) is 10.3 Å². The van der Waals surface area contributed by atoms with E-state index in [1.165, 1.54) is 18.3 Å². The molecule has 3 aromatic rings. The zero-order chi connectivity index (χ0) is 20.6. The smallest absolute Gasteiger partial charge is 0.142 e. The van der Waals surface area contributed by atoms with E-state index in [1.807, 2.05) is 12.1 Å². The van der Waals surface area contributed by atoms with Gasteiger partial charge in [-0.1, -0.05) is 12.1 Å². The van der Waals surface area contributed by atoms with Gasteiger partial charge in [0.15, 0.2) is 0 Å². The van der Waals surface area contributed by atoms with Crippen molar-refractivity contribution in [3.8, 4) is 0 Å². The summed E-state index contributed by atoms with van der Waals surface area (Å²) in [7, 11) is 0. The van der Waals surface area contributed by atoms with E-state index >= 15 is 0 Å². The highest BCUT2D eigenvalue weighted by molar-refractivity contribution is 5.76. The third kappa shape index (κ3) is 4.33. The zero-order valence-electron chi connectivity index (χ0n) is 16.7. The topological polar surface area (TPSA) is 58.1 Å². The molecule has 1 fully saturated rings. The predicted molar refractivity (Wildman–Crippen MR) is 108 cm³/mol. The molecule has 0 unspecified atom stereocenters. The second-order valence-corrected chi connectivity index (χ2v) is 8.46. The van der Waals surface area contributed by atoms with E-state index in [9.17, 15) is 13.9 Å². The van der Waals surface area contributed by atoms with E-state index in [4.69, 9.17) is 4.74 Å². The molecule has 3 heterocycles. The van der Waals surface area contributed by atoms with Gasteiger partial charge in [0, 0.05) is 35.8 Å². The molecule has 29 heavy (non-hydrogen) atoms. The molecular formula is C23H26F2N2O2. The van der Waals surface area contributed by atoms with Gasteiger partial charge in [-0.3, -0.25) is 0 Å². The first-order valence-electron chi connectivity index (χ1n) is 10.1. The molecule has 0 aliphatic carbocycles. The Hall–Kier alpha value is -2.31. The van der Waals surface area contributed by atoms with Crippen LogP contribution in [0, 0.1) is 17.6 Å². The molecule has 1 aliphatic heterocycles. The molecule has 0 saturated carbocycles. The predicted octanol–water partition coefficient (Wildman–Crippen LogP) is 5.02. The lowest BCUT2D eigenvalue weighted by molar-refractivity contribution is 0.0625. The fourth-order valence-corrected chi connectivity index (χ4v) is 4.20. The maximum atomic E-state index is 14.8. The summed E-state index contributed by atoms with van der Waals surface area (Å²) in [5, 5.41) is 10.9. The number of nitrogens with one attached hydrogen (secondary N) is 1. The van der Waals surface area contributed by atoms with Crippen LogP contribution in [0.1, 0.15) is 55.8 Å². The molecule has 1 aliphatic rings. The van der Waals surface area contributed by atoms with Gasteiger partial charge in [-0.05, 0) is 62.8 Å². The van der Waals surface area contributed by atoms with E-state index in [0.29, 0.717) is 17.0 Å². The quantitative estimate of drug-likeness (QED) is 0.632. The first-order chi connectivity index (χ1) is 13.8. The van der Waals surface area contributed by atoms with Gasteiger partial charge in [0.05, 0.1) is 11.8 Å². The van der Waals surface area contributed by atoms with E-state index in [1.54, 1.807) is 19.9 Å². The van der Waals surface area contributed by atoms with Gasteiger partial charge in [-0.15, -0.1) is 0 Å². The number of halogens is 2. The summed E-state index contributed by atoms with van der Waals surface area (Å²) in [5.41, 5.74) is 1.36. The van der Waals surface area contributed by atoms with E-state index in [0.717, 1.165) is 43.7 Å². The van der Waals surface area contributed by atoms with Crippen molar-refractivity contribution in [3.05, 3.63) is 65.0 Å². The number of rotatable bonds is 5. The first kappa shape index (κ1) is 20.0. The lowest BCUT2D eigenvalue weighted by Gasteiger charge is -2.27. The third-order valence-electron chi connectivity index (χ3n) is 5.80. The van der Waals surface area contributed by atoms with Crippen molar-refractivity contribution in [3.63, 3.8) is 0 Å². The number of hydrogen-bond donors (Lipinski definition) is 2. The van der Waals surface area contributed by atoms with Gasteiger partial charge >= 0.3 is 0 Å². The second-order valence-electron chi connectivity index (χ2n) is 8.46. The minimum atomic E-state index is -1.25. The van der Waals surface area contributed by atoms with Crippen LogP contribution in [0.5, 0.6) is 0 Å². The molecule has 2 aromatic heterocycles. The molecule has 0 spiro atoms. The molecule has 6 heteroatoms. The molecule has 1 atom stereocenters. The second kappa shape index (κ2) is 7.84. The Balaban J connectivity index is 1.74. The van der Waals surface area contributed by atoms with Crippen molar-refractivity contribution in [2.45, 2.75) is 44.6 Å². The molecule has 0 amide bonds. The van der Waals surface area contributed by atoms with Gasteiger partial charge in [0.25, 0.3) is 0 Å². The largest absolute Gasteiger partial charge is 0.386 e. The molecule has 2 N–H and O–H groups in total. The molecule has 4 nitrogen and oxygen atoms in total. The fourth-order valence-electron chi connectivity index (χ4n) is 4.20. The number of fused-ring (bicyclic) bond motifs is 1. The Bertz CT molecular complexity index is 1000. The normalized spacial score (nSPS) is 17.0. The average molecular weight is 400 g/mol. The molecule has 4 rings (SSSR count). The summed E-state index contributed by atoms with van der Waals surface area (Å²) in [6, 6.07) is 8.39. The summed E-state index contributed by atoms with van der Waals surface area (Å²) in [6.45, 7) is 4.62. The molecule has 1 aromatic carbocycles. The van der Waals surface area contributed by atoms with Gasteiger partial charge in [0.2, 0.25) is 0 Å². The van der Waals surface area contributed by atoms with Crippen molar-refractivity contribution in [2.75, 3.05) is 13.2 Å². The summed E-state index contributed by atoms with van der Waals surface area (Å²) in [4.78, 5) is 7.42. The van der Waals surface area contributed by atoms with Crippen LogP contribution in [0.15, 0.2) is 36.5 Å². The Morgan fingerprint density at radius 3 is 2.66 bits per heavy atom. The lowest BCUT2D eigenvalue weighted by atomic mass is 9.82. The van der Waals surface area contributed by atoms with Gasteiger partial charge in [-0.25, -0.2) is 13.8 Å². The number of H-pyrrole nitrogens is 1. The highest BCUT2D eigenvalue weighted by Gasteiger charge is 2.26. The number of aromatic nitrogens is 2. The minimum Gasteiger partial charge on any atom is -0.386 e. The summed E-state index contributed by atoms with van der Waals surface area (Å²) in [5.74, 6) is -0.431. The number of aromatic amines is 1. The maximum Gasteiger partial charge on any atom is 0.142 e. The van der Waals surface area contributed by atoms with Crippen molar-refractivity contribution < 1.29 is 18.6 Å². The molecule has 1 saturated heterocycles. The molecule has 0 radical (unpaired) electrons. The standard InChI is InChI=1S/C23H26F2N2O2/c1-23(2,28)19-4-3-15(11-20(19)25)18(9-14-5-7-29-8-6-14)21-12-16-10-17(24)13-26-22(16)27-21/h3-4,10-14,18,28H,5-9H2,1-2H3,(H,26,27)/t18-/m1/s1. The Kier molecular flexibility index (Phi) is 5.40. The Morgan fingerprint density at radius 1 is 1.21 bits per heavy atom. The van der Waals surface area contributed by atoms with Crippen LogP contribution < -0.4 is 0 Å². The van der Waals surface area contributed by atoms with Crippen LogP contribution >= 0.6 is 0 Å². The van der Waals surface area contributed by atoms with Crippen LogP contribution in [0.25, 0.3) is 11.0 Å². The van der Waals surface area contributed by atoms with Crippen molar-refractivity contribution in [2.24, 2.45) is 5.92 Å². The zero-order valence-corrected chi connectivity index (χ0v) is 16.7. The number of benzene rings is 1. The summed E-state index contributed by atoms with van der Waals surface area (Å²) >= 11 is 0. The molecule has 154 valence electrons. The number of pyridine rings is 1. The maximum absolute atomic E-state index is 14.8. The van der Waals surface area contributed by atoms with Gasteiger partial charge in [0.1, 0.15) is 17.3 Å². The Morgan fingerprint density at radius 2 is 1.97 bits per heavy atom. The molecular weight excluding hydrogens is 374 g/mol. The highest BCUT2D eigenvalue weighted by Crippen LogP contribution is 2.37. The summed E-state index contributed by atoms with van der Waals surface area (Å²) in [6.07, 6.45) is 3.95. The number of nitrogens with zero attached hydrogens (tertiary/aromatic N) is 1. The van der Waals surface area contributed by atoms with Crippen molar-refractivity contribution in [1.82, 2.24) is 9.97 Å². The molecule has 0 bridgehead atoms. The fraction of sp³-hybridized carbons (Fsp3) is 0.435. The number of aliphatic hydroxyl groups is 1. The van der Waals surface area contributed by atoms with Crippen molar-refractivity contribution in [1.29, 1.82) is 0 Å².